The molecule has 2 N–H and O–H groups in total. The topological polar surface area (TPSA) is 26.0 Å². The van der Waals surface area contributed by atoms with Crippen LogP contribution >= 0.6 is 0 Å². The third-order valence-electron chi connectivity index (χ3n) is 3.33. The zero-order valence-electron chi connectivity index (χ0n) is 9.47. The van der Waals surface area contributed by atoms with Crippen molar-refractivity contribution < 1.29 is 0 Å². The molecule has 0 aromatic heterocycles. The molecule has 15 heavy (non-hydrogen) atoms. The zero-order chi connectivity index (χ0) is 10.5. The molecule has 0 heterocycles. The number of aryl methyl sites for hydroxylation is 3. The number of fused-ring (bicyclic) bond motifs is 1. The number of benzene rings is 1. The fourth-order valence-electron chi connectivity index (χ4n) is 2.43. The van der Waals surface area contributed by atoms with Crippen molar-refractivity contribution in [2.45, 2.75) is 44.9 Å². The molecule has 0 atom stereocenters. The van der Waals surface area contributed by atoms with Gasteiger partial charge in [0, 0.05) is 0 Å². The van der Waals surface area contributed by atoms with Crippen molar-refractivity contribution in [3.8, 4) is 0 Å². The van der Waals surface area contributed by atoms with Crippen LogP contribution in [0.15, 0.2) is 18.2 Å². The standard InChI is InChI=1S/C14H21N/c15-10-4-5-12-8-9-13-6-2-1-3-7-14(13)11-12/h8-9,11H,1-7,10,15H2. The Labute approximate surface area is 92.7 Å². The van der Waals surface area contributed by atoms with Gasteiger partial charge < -0.3 is 5.73 Å². The zero-order valence-corrected chi connectivity index (χ0v) is 9.47. The van der Waals surface area contributed by atoms with E-state index in [0.717, 1.165) is 19.4 Å². The second-order valence-electron chi connectivity index (χ2n) is 4.56. The van der Waals surface area contributed by atoms with Crippen molar-refractivity contribution in [2.24, 2.45) is 5.73 Å². The van der Waals surface area contributed by atoms with E-state index < -0.39 is 0 Å². The third kappa shape index (κ3) is 2.82. The maximum Gasteiger partial charge on any atom is -0.00741 e. The van der Waals surface area contributed by atoms with Crippen LogP contribution in [-0.4, -0.2) is 6.54 Å². The number of hydrogen-bond donors (Lipinski definition) is 1. The van der Waals surface area contributed by atoms with E-state index in [1.165, 1.54) is 37.7 Å². The maximum absolute atomic E-state index is 5.54. The quantitative estimate of drug-likeness (QED) is 0.751. The van der Waals surface area contributed by atoms with Gasteiger partial charge in [0.2, 0.25) is 0 Å². The number of nitrogens with two attached hydrogens (primary N) is 1. The number of hydrogen-bond acceptors (Lipinski definition) is 1. The minimum atomic E-state index is 0.803. The monoisotopic (exact) mass is 203 g/mol. The van der Waals surface area contributed by atoms with Crippen LogP contribution in [-0.2, 0) is 19.3 Å². The van der Waals surface area contributed by atoms with Crippen molar-refractivity contribution >= 4 is 0 Å². The molecule has 0 saturated carbocycles. The Hall–Kier alpha value is -0.820. The van der Waals surface area contributed by atoms with Crippen molar-refractivity contribution in [2.75, 3.05) is 6.54 Å². The van der Waals surface area contributed by atoms with Crippen LogP contribution in [0.25, 0.3) is 0 Å². The predicted octanol–water partition coefficient (Wildman–Crippen LogP) is 2.85. The molecule has 1 aromatic carbocycles. The van der Waals surface area contributed by atoms with Crippen molar-refractivity contribution in [3.63, 3.8) is 0 Å². The van der Waals surface area contributed by atoms with E-state index in [4.69, 9.17) is 5.73 Å². The molecule has 1 heteroatoms. The maximum atomic E-state index is 5.54. The van der Waals surface area contributed by atoms with E-state index in [2.05, 4.69) is 18.2 Å². The normalized spacial score (nSPS) is 15.8. The van der Waals surface area contributed by atoms with Crippen LogP contribution in [0.3, 0.4) is 0 Å². The highest BCUT2D eigenvalue weighted by Crippen LogP contribution is 2.22. The molecule has 82 valence electrons. The summed E-state index contributed by atoms with van der Waals surface area (Å²) in [5.41, 5.74) is 10.2. The summed E-state index contributed by atoms with van der Waals surface area (Å²) in [5.74, 6) is 0. The smallest absolute Gasteiger partial charge is 0.00741 e. The molecule has 1 aliphatic rings. The first-order valence-corrected chi connectivity index (χ1v) is 6.21. The van der Waals surface area contributed by atoms with Gasteiger partial charge in [-0.15, -0.1) is 0 Å². The second-order valence-corrected chi connectivity index (χ2v) is 4.56. The first kappa shape index (κ1) is 10.7. The summed E-state index contributed by atoms with van der Waals surface area (Å²) in [6.07, 6.45) is 8.95. The fourth-order valence-corrected chi connectivity index (χ4v) is 2.43. The average molecular weight is 203 g/mol. The van der Waals surface area contributed by atoms with Crippen molar-refractivity contribution in [3.05, 3.63) is 34.9 Å². The average Bonchev–Trinajstić information content (AvgIpc) is 2.50. The highest BCUT2D eigenvalue weighted by Gasteiger charge is 2.07. The van der Waals surface area contributed by atoms with Gasteiger partial charge in [-0.2, -0.15) is 0 Å². The van der Waals surface area contributed by atoms with Gasteiger partial charge in [-0.3, -0.25) is 0 Å². The molecule has 1 nitrogen and oxygen atoms in total. The van der Waals surface area contributed by atoms with E-state index in [0.29, 0.717) is 0 Å². The van der Waals surface area contributed by atoms with Gasteiger partial charge in [0.05, 0.1) is 0 Å². The van der Waals surface area contributed by atoms with E-state index in [1.807, 2.05) is 0 Å². The first-order chi connectivity index (χ1) is 7.40. The van der Waals surface area contributed by atoms with Gasteiger partial charge in [0.25, 0.3) is 0 Å². The molecule has 0 saturated heterocycles. The summed E-state index contributed by atoms with van der Waals surface area (Å²) in [6.45, 7) is 0.803. The summed E-state index contributed by atoms with van der Waals surface area (Å²) in [6, 6.07) is 7.04. The highest BCUT2D eigenvalue weighted by atomic mass is 14.5. The predicted molar refractivity (Wildman–Crippen MR) is 65.1 cm³/mol. The lowest BCUT2D eigenvalue weighted by Gasteiger charge is -2.08. The minimum Gasteiger partial charge on any atom is -0.330 e. The van der Waals surface area contributed by atoms with Gasteiger partial charge in [-0.1, -0.05) is 24.6 Å². The van der Waals surface area contributed by atoms with E-state index >= 15 is 0 Å². The second kappa shape index (κ2) is 5.32. The van der Waals surface area contributed by atoms with E-state index in [9.17, 15) is 0 Å². The third-order valence-corrected chi connectivity index (χ3v) is 3.33. The van der Waals surface area contributed by atoms with Crippen LogP contribution < -0.4 is 5.73 Å². The van der Waals surface area contributed by atoms with Crippen LogP contribution in [0.2, 0.25) is 0 Å². The molecule has 2 rings (SSSR count). The molecule has 0 amide bonds. The fraction of sp³-hybridized carbons (Fsp3) is 0.571. The highest BCUT2D eigenvalue weighted by molar-refractivity contribution is 5.33. The molecular formula is C14H21N. The molecule has 0 bridgehead atoms. The molecule has 1 aromatic rings. The van der Waals surface area contributed by atoms with Gasteiger partial charge >= 0.3 is 0 Å². The van der Waals surface area contributed by atoms with E-state index in [1.54, 1.807) is 11.1 Å². The molecular weight excluding hydrogens is 182 g/mol. The van der Waals surface area contributed by atoms with Crippen LogP contribution in [0.4, 0.5) is 0 Å². The lowest BCUT2D eigenvalue weighted by atomic mass is 9.98. The Morgan fingerprint density at radius 3 is 2.60 bits per heavy atom. The Bertz CT molecular complexity index is 317. The lowest BCUT2D eigenvalue weighted by Crippen LogP contribution is -2.01. The molecule has 0 radical (unpaired) electrons. The molecule has 0 spiro atoms. The van der Waals surface area contributed by atoms with Crippen LogP contribution in [0.1, 0.15) is 42.4 Å². The van der Waals surface area contributed by atoms with Gasteiger partial charge in [0.15, 0.2) is 0 Å². The van der Waals surface area contributed by atoms with Gasteiger partial charge in [-0.05, 0) is 61.8 Å². The van der Waals surface area contributed by atoms with Gasteiger partial charge in [-0.25, -0.2) is 0 Å². The Balaban J connectivity index is 2.13. The molecule has 1 aliphatic carbocycles. The largest absolute Gasteiger partial charge is 0.330 e. The van der Waals surface area contributed by atoms with Crippen LogP contribution in [0.5, 0.6) is 0 Å². The summed E-state index contributed by atoms with van der Waals surface area (Å²) >= 11 is 0. The van der Waals surface area contributed by atoms with E-state index in [-0.39, 0.29) is 0 Å². The molecule has 0 fully saturated rings. The number of rotatable bonds is 3. The SMILES string of the molecule is NCCCc1ccc2c(c1)CCCCC2. The van der Waals surface area contributed by atoms with Crippen molar-refractivity contribution in [1.82, 2.24) is 0 Å². The minimum absolute atomic E-state index is 0.803. The van der Waals surface area contributed by atoms with Gasteiger partial charge in [0.1, 0.15) is 0 Å². The summed E-state index contributed by atoms with van der Waals surface area (Å²) in [4.78, 5) is 0. The van der Waals surface area contributed by atoms with Crippen molar-refractivity contribution in [1.29, 1.82) is 0 Å². The summed E-state index contributed by atoms with van der Waals surface area (Å²) in [7, 11) is 0. The van der Waals surface area contributed by atoms with Crippen LogP contribution in [0, 0.1) is 0 Å². The first-order valence-electron chi connectivity index (χ1n) is 6.21. The summed E-state index contributed by atoms with van der Waals surface area (Å²) < 4.78 is 0. The summed E-state index contributed by atoms with van der Waals surface area (Å²) in [5, 5.41) is 0. The molecule has 0 aliphatic heterocycles. The Morgan fingerprint density at radius 1 is 1.00 bits per heavy atom. The Kier molecular flexibility index (Phi) is 3.79. The Morgan fingerprint density at radius 2 is 1.80 bits per heavy atom. The molecule has 0 unspecified atom stereocenters. The lowest BCUT2D eigenvalue weighted by molar-refractivity contribution is 0.711.